The van der Waals surface area contributed by atoms with Crippen molar-refractivity contribution < 1.29 is 0 Å². The number of hydrogen-bond acceptors (Lipinski definition) is 2. The Balaban J connectivity index is 1.83. The van der Waals surface area contributed by atoms with Gasteiger partial charge in [-0.15, -0.1) is 11.5 Å². The van der Waals surface area contributed by atoms with Gasteiger partial charge in [0.1, 0.15) is 0 Å². The van der Waals surface area contributed by atoms with Crippen molar-refractivity contribution in [1.82, 2.24) is 0 Å². The van der Waals surface area contributed by atoms with Crippen molar-refractivity contribution >= 4 is 29.2 Å². The molecule has 0 aromatic heterocycles. The summed E-state index contributed by atoms with van der Waals surface area (Å²) in [5, 5.41) is 0. The van der Waals surface area contributed by atoms with Gasteiger partial charge in [0.2, 0.25) is 0 Å². The van der Waals surface area contributed by atoms with Gasteiger partial charge >= 0.3 is 6.40 Å². The van der Waals surface area contributed by atoms with E-state index in [2.05, 4.69) is 33.9 Å². The number of nitrogens with zero attached hydrogens (tertiary/aromatic N) is 2. The van der Waals surface area contributed by atoms with E-state index in [0.29, 0.717) is 0 Å². The monoisotopic (exact) mass is 256 g/mol. The lowest BCUT2D eigenvalue weighted by Crippen LogP contribution is -2.39. The standard InChI is InChI=1S/C14H14BClN2/c16-15-17(13-7-3-1-4-8-13)11-12-18(15)14-9-5-2-6-10-14/h1-10H,11-12H2. The molecule has 0 radical (unpaired) electrons. The van der Waals surface area contributed by atoms with E-state index in [0.717, 1.165) is 13.1 Å². The fourth-order valence-corrected chi connectivity index (χ4v) is 2.76. The van der Waals surface area contributed by atoms with E-state index >= 15 is 0 Å². The predicted molar refractivity (Wildman–Crippen MR) is 79.2 cm³/mol. The minimum Gasteiger partial charge on any atom is -0.380 e. The van der Waals surface area contributed by atoms with Crippen LogP contribution in [0.5, 0.6) is 0 Å². The van der Waals surface area contributed by atoms with Gasteiger partial charge in [0, 0.05) is 24.5 Å². The number of benzene rings is 2. The van der Waals surface area contributed by atoms with Gasteiger partial charge in [0.15, 0.2) is 0 Å². The molecule has 0 aliphatic carbocycles. The molecule has 3 rings (SSSR count). The quantitative estimate of drug-likeness (QED) is 0.761. The van der Waals surface area contributed by atoms with Gasteiger partial charge in [0.05, 0.1) is 0 Å². The van der Waals surface area contributed by atoms with Crippen LogP contribution < -0.4 is 9.62 Å². The maximum Gasteiger partial charge on any atom is 0.485 e. The summed E-state index contributed by atoms with van der Waals surface area (Å²) in [6.07, 6.45) is -0.116. The summed E-state index contributed by atoms with van der Waals surface area (Å²) < 4.78 is 0. The van der Waals surface area contributed by atoms with Crippen LogP contribution in [0.1, 0.15) is 0 Å². The Morgan fingerprint density at radius 1 is 0.722 bits per heavy atom. The molecule has 2 aromatic rings. The molecular weight excluding hydrogens is 242 g/mol. The van der Waals surface area contributed by atoms with Crippen LogP contribution in [-0.2, 0) is 0 Å². The summed E-state index contributed by atoms with van der Waals surface area (Å²) in [7, 11) is 0. The van der Waals surface area contributed by atoms with Crippen LogP contribution in [0.4, 0.5) is 11.4 Å². The van der Waals surface area contributed by atoms with Crippen molar-refractivity contribution in [3.8, 4) is 0 Å². The van der Waals surface area contributed by atoms with Crippen LogP contribution in [0.3, 0.4) is 0 Å². The van der Waals surface area contributed by atoms with Crippen LogP contribution in [0.15, 0.2) is 60.7 Å². The van der Waals surface area contributed by atoms with Crippen LogP contribution in [0.2, 0.25) is 0 Å². The van der Waals surface area contributed by atoms with E-state index in [9.17, 15) is 0 Å². The summed E-state index contributed by atoms with van der Waals surface area (Å²) in [5.74, 6) is 0. The van der Waals surface area contributed by atoms with E-state index in [4.69, 9.17) is 11.5 Å². The Morgan fingerprint density at radius 2 is 1.11 bits per heavy atom. The van der Waals surface area contributed by atoms with Crippen molar-refractivity contribution in [3.63, 3.8) is 0 Å². The number of rotatable bonds is 2. The maximum absolute atomic E-state index is 6.57. The smallest absolute Gasteiger partial charge is 0.380 e. The largest absolute Gasteiger partial charge is 0.485 e. The van der Waals surface area contributed by atoms with Gasteiger partial charge in [-0.25, -0.2) is 0 Å². The van der Waals surface area contributed by atoms with E-state index in [1.165, 1.54) is 11.4 Å². The fourth-order valence-electron chi connectivity index (χ4n) is 2.34. The normalized spacial score (nSPS) is 15.3. The molecule has 1 fully saturated rings. The molecule has 18 heavy (non-hydrogen) atoms. The first-order valence-electron chi connectivity index (χ1n) is 6.14. The van der Waals surface area contributed by atoms with Gasteiger partial charge in [-0.3, -0.25) is 0 Å². The molecule has 1 aliphatic heterocycles. The number of para-hydroxylation sites is 2. The zero-order valence-corrected chi connectivity index (χ0v) is 10.8. The first-order valence-corrected chi connectivity index (χ1v) is 6.57. The summed E-state index contributed by atoms with van der Waals surface area (Å²) in [4.78, 5) is 4.43. The second-order valence-corrected chi connectivity index (χ2v) is 4.76. The van der Waals surface area contributed by atoms with Crippen molar-refractivity contribution in [2.45, 2.75) is 0 Å². The molecule has 0 spiro atoms. The molecule has 0 atom stereocenters. The zero-order valence-electron chi connectivity index (χ0n) is 10.0. The highest BCUT2D eigenvalue weighted by atomic mass is 35.5. The van der Waals surface area contributed by atoms with Gasteiger partial charge in [-0.2, -0.15) is 0 Å². The Hall–Kier alpha value is -1.61. The average Bonchev–Trinajstić information content (AvgIpc) is 2.83. The third-order valence-electron chi connectivity index (χ3n) is 3.27. The zero-order chi connectivity index (χ0) is 12.4. The van der Waals surface area contributed by atoms with Gasteiger partial charge in [-0.1, -0.05) is 36.4 Å². The molecule has 2 aromatic carbocycles. The van der Waals surface area contributed by atoms with E-state index in [-0.39, 0.29) is 6.40 Å². The van der Waals surface area contributed by atoms with Gasteiger partial charge in [-0.05, 0) is 24.3 Å². The minimum atomic E-state index is -0.116. The summed E-state index contributed by atoms with van der Waals surface area (Å²) in [6, 6.07) is 20.6. The van der Waals surface area contributed by atoms with Crippen molar-refractivity contribution in [2.75, 3.05) is 22.7 Å². The Bertz CT molecular complexity index is 458. The molecule has 90 valence electrons. The van der Waals surface area contributed by atoms with E-state index in [1.54, 1.807) is 0 Å². The summed E-state index contributed by atoms with van der Waals surface area (Å²) in [6.45, 7) is 1.90. The fraction of sp³-hybridized carbons (Fsp3) is 0.143. The molecule has 1 saturated heterocycles. The third-order valence-corrected chi connectivity index (χ3v) is 3.74. The first kappa shape index (κ1) is 11.5. The van der Waals surface area contributed by atoms with Crippen molar-refractivity contribution in [2.24, 2.45) is 0 Å². The highest BCUT2D eigenvalue weighted by molar-refractivity contribution is 7.11. The highest BCUT2D eigenvalue weighted by Crippen LogP contribution is 2.27. The second kappa shape index (κ2) is 4.95. The third kappa shape index (κ3) is 2.06. The number of anilines is 2. The van der Waals surface area contributed by atoms with Crippen LogP contribution >= 0.6 is 11.5 Å². The van der Waals surface area contributed by atoms with Crippen molar-refractivity contribution in [3.05, 3.63) is 60.7 Å². The van der Waals surface area contributed by atoms with Gasteiger partial charge in [0.25, 0.3) is 0 Å². The Labute approximate surface area is 113 Å². The second-order valence-electron chi connectivity index (χ2n) is 4.37. The van der Waals surface area contributed by atoms with Gasteiger partial charge < -0.3 is 9.62 Å². The first-order chi connectivity index (χ1) is 8.86. The molecule has 0 unspecified atom stereocenters. The van der Waals surface area contributed by atoms with Crippen LogP contribution in [0.25, 0.3) is 0 Å². The maximum atomic E-state index is 6.57. The lowest BCUT2D eigenvalue weighted by molar-refractivity contribution is 1.02. The topological polar surface area (TPSA) is 6.48 Å². The molecule has 2 nitrogen and oxygen atoms in total. The highest BCUT2D eigenvalue weighted by Gasteiger charge is 2.35. The number of halogens is 1. The predicted octanol–water partition coefficient (Wildman–Crippen LogP) is 3.24. The van der Waals surface area contributed by atoms with E-state index < -0.39 is 0 Å². The molecule has 0 amide bonds. The Kier molecular flexibility index (Phi) is 3.16. The Morgan fingerprint density at radius 3 is 1.50 bits per heavy atom. The van der Waals surface area contributed by atoms with Crippen molar-refractivity contribution in [1.29, 1.82) is 0 Å². The molecule has 1 heterocycles. The average molecular weight is 257 g/mol. The lowest BCUT2D eigenvalue weighted by Gasteiger charge is -2.24. The molecule has 0 saturated carbocycles. The molecule has 0 bridgehead atoms. The minimum absolute atomic E-state index is 0.116. The van der Waals surface area contributed by atoms with Crippen LogP contribution in [-0.4, -0.2) is 19.5 Å². The van der Waals surface area contributed by atoms with Crippen LogP contribution in [0, 0.1) is 0 Å². The molecular formula is C14H14BClN2. The SMILES string of the molecule is ClB1N(c2ccccc2)CCN1c1ccccc1. The molecule has 4 heteroatoms. The molecule has 0 N–H and O–H groups in total. The molecule has 1 aliphatic rings. The number of hydrogen-bond donors (Lipinski definition) is 0. The van der Waals surface area contributed by atoms with E-state index in [1.807, 2.05) is 36.4 Å². The lowest BCUT2D eigenvalue weighted by atomic mass is 10.0. The summed E-state index contributed by atoms with van der Waals surface area (Å²) >= 11 is 6.57. The summed E-state index contributed by atoms with van der Waals surface area (Å²) in [5.41, 5.74) is 2.35.